The summed E-state index contributed by atoms with van der Waals surface area (Å²) in [5.74, 6) is 1.62. The van der Waals surface area contributed by atoms with Gasteiger partial charge in [0.1, 0.15) is 0 Å². The second kappa shape index (κ2) is 4.83. The van der Waals surface area contributed by atoms with Crippen LogP contribution in [0, 0.1) is 0 Å². The molecule has 1 aliphatic rings. The fourth-order valence-corrected chi connectivity index (χ4v) is 2.35. The lowest BCUT2D eigenvalue weighted by atomic mass is 10.2. The van der Waals surface area contributed by atoms with Gasteiger partial charge in [0.15, 0.2) is 16.6 Å². The van der Waals surface area contributed by atoms with E-state index in [-0.39, 0.29) is 0 Å². The Morgan fingerprint density at radius 2 is 2.17 bits per heavy atom. The lowest BCUT2D eigenvalue weighted by Gasteiger charge is -2.04. The highest BCUT2D eigenvalue weighted by atomic mass is 32.1. The minimum absolute atomic E-state index is 0.310. The molecule has 94 valence electrons. The summed E-state index contributed by atoms with van der Waals surface area (Å²) in [6.45, 7) is 1.78. The zero-order valence-corrected chi connectivity index (χ0v) is 10.5. The van der Waals surface area contributed by atoms with Gasteiger partial charge in [-0.3, -0.25) is 0 Å². The standard InChI is InChI=1S/C12H13N3O2S/c13-12-15-9(6-18-12)5-14-4-8-1-2-10-11(3-8)17-7-16-10/h1-3,6,14H,4-5,7H2,(H2,13,15). The van der Waals surface area contributed by atoms with Crippen LogP contribution in [0.4, 0.5) is 5.13 Å². The molecule has 0 bridgehead atoms. The molecular formula is C12H13N3O2S. The van der Waals surface area contributed by atoms with Crippen LogP contribution in [0.1, 0.15) is 11.3 Å². The molecule has 3 N–H and O–H groups in total. The summed E-state index contributed by atoms with van der Waals surface area (Å²) in [6, 6.07) is 5.95. The summed E-state index contributed by atoms with van der Waals surface area (Å²) >= 11 is 1.46. The summed E-state index contributed by atoms with van der Waals surface area (Å²) in [5, 5.41) is 5.88. The maximum atomic E-state index is 5.57. The average Bonchev–Trinajstić information content (AvgIpc) is 2.97. The van der Waals surface area contributed by atoms with E-state index in [4.69, 9.17) is 15.2 Å². The SMILES string of the molecule is Nc1nc(CNCc2ccc3c(c2)OCO3)cs1. The van der Waals surface area contributed by atoms with Gasteiger partial charge in [-0.15, -0.1) is 11.3 Å². The van der Waals surface area contributed by atoms with Gasteiger partial charge in [0.25, 0.3) is 0 Å². The number of thiazole rings is 1. The van der Waals surface area contributed by atoms with Crippen molar-refractivity contribution in [3.8, 4) is 11.5 Å². The number of aromatic nitrogens is 1. The van der Waals surface area contributed by atoms with Crippen molar-refractivity contribution in [2.75, 3.05) is 12.5 Å². The summed E-state index contributed by atoms with van der Waals surface area (Å²) in [7, 11) is 0. The minimum Gasteiger partial charge on any atom is -0.454 e. The Morgan fingerprint density at radius 3 is 3.00 bits per heavy atom. The Labute approximate surface area is 109 Å². The Kier molecular flexibility index (Phi) is 3.04. The van der Waals surface area contributed by atoms with Crippen molar-refractivity contribution in [1.82, 2.24) is 10.3 Å². The van der Waals surface area contributed by atoms with E-state index in [9.17, 15) is 0 Å². The first-order valence-electron chi connectivity index (χ1n) is 5.60. The lowest BCUT2D eigenvalue weighted by molar-refractivity contribution is 0.174. The topological polar surface area (TPSA) is 69.4 Å². The van der Waals surface area contributed by atoms with Gasteiger partial charge in [0.2, 0.25) is 6.79 Å². The predicted molar refractivity (Wildman–Crippen MR) is 69.6 cm³/mol. The van der Waals surface area contributed by atoms with Gasteiger partial charge in [-0.2, -0.15) is 0 Å². The highest BCUT2D eigenvalue weighted by Crippen LogP contribution is 2.32. The number of fused-ring (bicyclic) bond motifs is 1. The normalized spacial score (nSPS) is 12.9. The van der Waals surface area contributed by atoms with Gasteiger partial charge in [-0.1, -0.05) is 6.07 Å². The quantitative estimate of drug-likeness (QED) is 0.879. The number of anilines is 1. The molecule has 0 saturated heterocycles. The predicted octanol–water partition coefficient (Wildman–Crippen LogP) is 1.74. The van der Waals surface area contributed by atoms with E-state index in [0.717, 1.165) is 29.3 Å². The highest BCUT2D eigenvalue weighted by Gasteiger charge is 2.12. The van der Waals surface area contributed by atoms with E-state index in [1.807, 2.05) is 23.6 Å². The molecule has 0 radical (unpaired) electrons. The van der Waals surface area contributed by atoms with E-state index in [1.54, 1.807) is 0 Å². The van der Waals surface area contributed by atoms with Crippen LogP contribution < -0.4 is 20.5 Å². The molecule has 18 heavy (non-hydrogen) atoms. The number of nitrogens with zero attached hydrogens (tertiary/aromatic N) is 1. The van der Waals surface area contributed by atoms with Crippen molar-refractivity contribution >= 4 is 16.5 Å². The molecule has 0 spiro atoms. The third kappa shape index (κ3) is 2.39. The van der Waals surface area contributed by atoms with Crippen LogP contribution in [0.3, 0.4) is 0 Å². The zero-order valence-electron chi connectivity index (χ0n) is 9.68. The smallest absolute Gasteiger partial charge is 0.231 e. The number of rotatable bonds is 4. The number of ether oxygens (including phenoxy) is 2. The molecule has 1 aliphatic heterocycles. The molecule has 5 nitrogen and oxygen atoms in total. The van der Waals surface area contributed by atoms with Crippen molar-refractivity contribution < 1.29 is 9.47 Å². The molecular weight excluding hydrogens is 250 g/mol. The molecule has 6 heteroatoms. The number of nitrogens with two attached hydrogens (primary N) is 1. The van der Waals surface area contributed by atoms with Gasteiger partial charge in [-0.05, 0) is 17.7 Å². The Hall–Kier alpha value is -1.79. The van der Waals surface area contributed by atoms with Crippen molar-refractivity contribution in [3.05, 3.63) is 34.8 Å². The van der Waals surface area contributed by atoms with Crippen LogP contribution in [0.2, 0.25) is 0 Å². The van der Waals surface area contributed by atoms with Crippen molar-refractivity contribution in [2.45, 2.75) is 13.1 Å². The Bertz CT molecular complexity index is 556. The van der Waals surface area contributed by atoms with Gasteiger partial charge in [0.05, 0.1) is 5.69 Å². The van der Waals surface area contributed by atoms with Crippen LogP contribution in [0.25, 0.3) is 0 Å². The summed E-state index contributed by atoms with van der Waals surface area (Å²) < 4.78 is 10.6. The van der Waals surface area contributed by atoms with E-state index < -0.39 is 0 Å². The van der Waals surface area contributed by atoms with Crippen LogP contribution >= 0.6 is 11.3 Å². The van der Waals surface area contributed by atoms with E-state index in [2.05, 4.69) is 10.3 Å². The molecule has 0 saturated carbocycles. The number of hydrogen-bond donors (Lipinski definition) is 2. The number of hydrogen-bond acceptors (Lipinski definition) is 6. The van der Waals surface area contributed by atoms with Crippen LogP contribution in [-0.2, 0) is 13.1 Å². The monoisotopic (exact) mass is 263 g/mol. The fourth-order valence-electron chi connectivity index (χ4n) is 1.79. The summed E-state index contributed by atoms with van der Waals surface area (Å²) in [5.41, 5.74) is 7.70. The highest BCUT2D eigenvalue weighted by molar-refractivity contribution is 7.13. The van der Waals surface area contributed by atoms with Crippen molar-refractivity contribution in [1.29, 1.82) is 0 Å². The molecule has 0 aliphatic carbocycles. The van der Waals surface area contributed by atoms with Crippen molar-refractivity contribution in [2.24, 2.45) is 0 Å². The van der Waals surface area contributed by atoms with Gasteiger partial charge in [-0.25, -0.2) is 4.98 Å². The Balaban J connectivity index is 1.57. The zero-order chi connectivity index (χ0) is 12.4. The van der Waals surface area contributed by atoms with E-state index in [0.29, 0.717) is 18.5 Å². The molecule has 1 aromatic carbocycles. The third-order valence-electron chi connectivity index (χ3n) is 2.64. The van der Waals surface area contributed by atoms with Crippen LogP contribution in [-0.4, -0.2) is 11.8 Å². The lowest BCUT2D eigenvalue weighted by Crippen LogP contribution is -2.12. The molecule has 2 heterocycles. The van der Waals surface area contributed by atoms with Crippen molar-refractivity contribution in [3.63, 3.8) is 0 Å². The Morgan fingerprint density at radius 1 is 1.28 bits per heavy atom. The maximum Gasteiger partial charge on any atom is 0.231 e. The third-order valence-corrected chi connectivity index (χ3v) is 3.36. The number of nitrogen functional groups attached to an aromatic ring is 1. The second-order valence-electron chi connectivity index (χ2n) is 3.97. The molecule has 0 unspecified atom stereocenters. The van der Waals surface area contributed by atoms with Crippen LogP contribution in [0.15, 0.2) is 23.6 Å². The van der Waals surface area contributed by atoms with E-state index in [1.165, 1.54) is 11.3 Å². The molecule has 3 rings (SSSR count). The molecule has 1 aromatic heterocycles. The summed E-state index contributed by atoms with van der Waals surface area (Å²) in [4.78, 5) is 4.19. The maximum absolute atomic E-state index is 5.57. The minimum atomic E-state index is 0.310. The largest absolute Gasteiger partial charge is 0.454 e. The van der Waals surface area contributed by atoms with Gasteiger partial charge >= 0.3 is 0 Å². The molecule has 0 fully saturated rings. The number of benzene rings is 1. The first-order valence-corrected chi connectivity index (χ1v) is 6.48. The average molecular weight is 263 g/mol. The number of nitrogens with one attached hydrogen (secondary N) is 1. The first kappa shape index (κ1) is 11.3. The summed E-state index contributed by atoms with van der Waals surface area (Å²) in [6.07, 6.45) is 0. The van der Waals surface area contributed by atoms with Gasteiger partial charge in [0, 0.05) is 18.5 Å². The molecule has 2 aromatic rings. The molecule has 0 atom stereocenters. The second-order valence-corrected chi connectivity index (χ2v) is 4.86. The first-order chi connectivity index (χ1) is 8.81. The fraction of sp³-hybridized carbons (Fsp3) is 0.250. The molecule has 0 amide bonds. The van der Waals surface area contributed by atoms with E-state index >= 15 is 0 Å². The van der Waals surface area contributed by atoms with Gasteiger partial charge < -0.3 is 20.5 Å². The van der Waals surface area contributed by atoms with Crippen LogP contribution in [0.5, 0.6) is 11.5 Å².